The van der Waals surface area contributed by atoms with Crippen molar-refractivity contribution in [2.24, 2.45) is 17.8 Å². The lowest BCUT2D eigenvalue weighted by Crippen LogP contribution is -2.59. The summed E-state index contributed by atoms with van der Waals surface area (Å²) >= 11 is 1.67. The van der Waals surface area contributed by atoms with Crippen molar-refractivity contribution in [3.63, 3.8) is 0 Å². The first-order valence-electron chi connectivity index (χ1n) is 14.2. The van der Waals surface area contributed by atoms with Crippen molar-refractivity contribution in [3.8, 4) is 0 Å². The largest absolute Gasteiger partial charge is 0.394 e. The number of fused-ring (bicyclic) bond motifs is 1. The third-order valence-corrected chi connectivity index (χ3v) is 10.9. The van der Waals surface area contributed by atoms with Gasteiger partial charge in [-0.2, -0.15) is 0 Å². The van der Waals surface area contributed by atoms with Gasteiger partial charge in [-0.1, -0.05) is 80.9 Å². The monoisotopic (exact) mass is 549 g/mol. The highest BCUT2D eigenvalue weighted by Gasteiger charge is 2.76. The molecule has 3 unspecified atom stereocenters. The number of aliphatic hydroxyl groups is 1. The number of carbonyl (C=O) groups is 3. The van der Waals surface area contributed by atoms with E-state index < -0.39 is 28.7 Å². The van der Waals surface area contributed by atoms with Gasteiger partial charge in [0.2, 0.25) is 17.7 Å². The maximum atomic E-state index is 14.4. The zero-order valence-electron chi connectivity index (χ0n) is 22.7. The minimum atomic E-state index is -0.732. The summed E-state index contributed by atoms with van der Waals surface area (Å²) < 4.78 is -0.698. The van der Waals surface area contributed by atoms with Crippen molar-refractivity contribution in [1.29, 1.82) is 0 Å². The van der Waals surface area contributed by atoms with Gasteiger partial charge in [0.05, 0.1) is 29.2 Å². The van der Waals surface area contributed by atoms with E-state index in [4.69, 9.17) is 0 Å². The number of rotatable bonds is 11. The highest BCUT2D eigenvalue weighted by molar-refractivity contribution is 8.02. The van der Waals surface area contributed by atoms with Gasteiger partial charge in [0.1, 0.15) is 6.04 Å². The molecule has 2 bridgehead atoms. The molecule has 0 radical (unpaired) electrons. The number of aliphatic hydroxyl groups excluding tert-OH is 1. The van der Waals surface area contributed by atoms with Gasteiger partial charge in [0.25, 0.3) is 0 Å². The van der Waals surface area contributed by atoms with Gasteiger partial charge in [-0.15, -0.1) is 11.8 Å². The summed E-state index contributed by atoms with van der Waals surface area (Å²) in [5.41, 5.74) is 1.99. The normalized spacial score (nSPS) is 29.8. The Labute approximate surface area is 235 Å². The van der Waals surface area contributed by atoms with Gasteiger partial charge >= 0.3 is 0 Å². The fraction of sp³-hybridized carbons (Fsp3) is 0.516. The van der Waals surface area contributed by atoms with Crippen LogP contribution in [0.1, 0.15) is 44.2 Å². The number of likely N-dealkylation sites (tertiary alicyclic amines) is 1. The summed E-state index contributed by atoms with van der Waals surface area (Å²) in [6, 6.07) is 18.2. The predicted octanol–water partition coefficient (Wildman–Crippen LogP) is 3.16. The first-order chi connectivity index (χ1) is 18.9. The van der Waals surface area contributed by atoms with Crippen molar-refractivity contribution in [2.45, 2.75) is 68.2 Å². The van der Waals surface area contributed by atoms with Crippen LogP contribution in [0.5, 0.6) is 0 Å². The molecule has 208 valence electrons. The SMILES string of the molecule is CCCCNC(=O)C1N([C@@H](CO)Cc2ccccc2)C(=O)[C@@H]2[C@@H](C(=O)NCc3ccccc3)[C@H]3CC(C)C12S3. The molecule has 39 heavy (non-hydrogen) atoms. The first kappa shape index (κ1) is 27.7. The van der Waals surface area contributed by atoms with Gasteiger partial charge in [-0.25, -0.2) is 0 Å². The van der Waals surface area contributed by atoms with E-state index in [-0.39, 0.29) is 35.5 Å². The van der Waals surface area contributed by atoms with Crippen LogP contribution in [0.4, 0.5) is 0 Å². The van der Waals surface area contributed by atoms with Crippen LogP contribution >= 0.6 is 11.8 Å². The Bertz CT molecular complexity index is 1180. The van der Waals surface area contributed by atoms with Crippen LogP contribution in [0.15, 0.2) is 60.7 Å². The standard InChI is InChI=1S/C31H39N3O4S/c1-3-4-15-32-29(37)27-31-20(2)16-24(39-31)25(28(36)33-18-22-13-9-6-10-14-22)26(31)30(38)34(27)23(19-35)17-21-11-7-5-8-12-21/h5-14,20,23-27,35H,3-4,15-19H2,1-2H3,(H,32,37)(H,33,36)/t20?,23-,24-,25+,26+,27?,31?/m1/s1. The highest BCUT2D eigenvalue weighted by atomic mass is 32.2. The summed E-state index contributed by atoms with van der Waals surface area (Å²) in [5.74, 6) is -1.49. The highest BCUT2D eigenvalue weighted by Crippen LogP contribution is 2.68. The Hall–Kier alpha value is -2.84. The smallest absolute Gasteiger partial charge is 0.244 e. The van der Waals surface area contributed by atoms with Crippen LogP contribution in [0.3, 0.4) is 0 Å². The van der Waals surface area contributed by atoms with Crippen molar-refractivity contribution >= 4 is 29.5 Å². The lowest BCUT2D eigenvalue weighted by Gasteiger charge is -2.40. The molecule has 3 heterocycles. The second-order valence-electron chi connectivity index (χ2n) is 11.2. The van der Waals surface area contributed by atoms with E-state index in [1.54, 1.807) is 16.7 Å². The third-order valence-electron chi connectivity index (χ3n) is 8.79. The van der Waals surface area contributed by atoms with Gasteiger partial charge in [0.15, 0.2) is 0 Å². The zero-order chi connectivity index (χ0) is 27.6. The molecular formula is C31H39N3O4S. The molecule has 1 spiro atoms. The average Bonchev–Trinajstić information content (AvgIpc) is 3.55. The number of carbonyl (C=O) groups excluding carboxylic acids is 3. The summed E-state index contributed by atoms with van der Waals surface area (Å²) in [7, 11) is 0. The molecule has 2 aromatic rings. The number of benzene rings is 2. The van der Waals surface area contributed by atoms with Crippen LogP contribution in [-0.4, -0.2) is 63.0 Å². The van der Waals surface area contributed by atoms with Crippen molar-refractivity contribution in [1.82, 2.24) is 15.5 Å². The number of amides is 3. The van der Waals surface area contributed by atoms with Crippen LogP contribution < -0.4 is 10.6 Å². The van der Waals surface area contributed by atoms with E-state index in [0.29, 0.717) is 19.5 Å². The molecule has 2 aromatic carbocycles. The Morgan fingerprint density at radius 2 is 1.72 bits per heavy atom. The van der Waals surface area contributed by atoms with Crippen LogP contribution in [-0.2, 0) is 27.3 Å². The van der Waals surface area contributed by atoms with Crippen LogP contribution in [0.2, 0.25) is 0 Å². The second kappa shape index (κ2) is 11.7. The second-order valence-corrected chi connectivity index (χ2v) is 12.7. The van der Waals surface area contributed by atoms with Crippen molar-refractivity contribution in [2.75, 3.05) is 13.2 Å². The molecule has 5 rings (SSSR count). The number of hydrogen-bond acceptors (Lipinski definition) is 5. The molecule has 7 atom stereocenters. The summed E-state index contributed by atoms with van der Waals surface area (Å²) in [4.78, 5) is 43.6. The summed E-state index contributed by atoms with van der Waals surface area (Å²) in [6.45, 7) is 4.88. The third kappa shape index (κ3) is 4.97. The van der Waals surface area contributed by atoms with E-state index in [1.165, 1.54) is 0 Å². The number of hydrogen-bond donors (Lipinski definition) is 3. The van der Waals surface area contributed by atoms with Gasteiger partial charge in [0, 0.05) is 18.3 Å². The minimum absolute atomic E-state index is 0.0143. The van der Waals surface area contributed by atoms with Crippen LogP contribution in [0.25, 0.3) is 0 Å². The molecule has 0 aromatic heterocycles. The van der Waals surface area contributed by atoms with E-state index >= 15 is 0 Å². The first-order valence-corrected chi connectivity index (χ1v) is 15.0. The van der Waals surface area contributed by atoms with Crippen molar-refractivity contribution in [3.05, 3.63) is 71.8 Å². The molecule has 3 amide bonds. The Morgan fingerprint density at radius 1 is 1.05 bits per heavy atom. The summed E-state index contributed by atoms with van der Waals surface area (Å²) in [6.07, 6.45) is 3.03. The quantitative estimate of drug-likeness (QED) is 0.374. The van der Waals surface area contributed by atoms with Gasteiger partial charge in [-0.05, 0) is 36.3 Å². The minimum Gasteiger partial charge on any atom is -0.394 e. The van der Waals surface area contributed by atoms with Crippen LogP contribution in [0, 0.1) is 17.8 Å². The van der Waals surface area contributed by atoms with Crippen molar-refractivity contribution < 1.29 is 19.5 Å². The lowest BCUT2D eigenvalue weighted by molar-refractivity contribution is -0.142. The van der Waals surface area contributed by atoms with E-state index in [1.807, 2.05) is 60.7 Å². The molecule has 3 aliphatic heterocycles. The van der Waals surface area contributed by atoms with E-state index in [9.17, 15) is 19.5 Å². The van der Waals surface area contributed by atoms with E-state index in [2.05, 4.69) is 24.5 Å². The molecule has 3 aliphatic rings. The molecule has 3 saturated heterocycles. The number of nitrogens with one attached hydrogen (secondary N) is 2. The van der Waals surface area contributed by atoms with Gasteiger partial charge < -0.3 is 20.6 Å². The molecule has 7 nitrogen and oxygen atoms in total. The fourth-order valence-corrected chi connectivity index (χ4v) is 9.39. The average molecular weight is 550 g/mol. The molecular weight excluding hydrogens is 510 g/mol. The van der Waals surface area contributed by atoms with E-state index in [0.717, 1.165) is 30.4 Å². The molecule has 0 aliphatic carbocycles. The maximum Gasteiger partial charge on any atom is 0.244 e. The van der Waals surface area contributed by atoms with Gasteiger partial charge in [-0.3, -0.25) is 14.4 Å². The Morgan fingerprint density at radius 3 is 2.36 bits per heavy atom. The fourth-order valence-electron chi connectivity index (χ4n) is 6.98. The number of nitrogens with zero attached hydrogens (tertiary/aromatic N) is 1. The lowest BCUT2D eigenvalue weighted by atomic mass is 9.66. The maximum absolute atomic E-state index is 14.4. The topological polar surface area (TPSA) is 98.7 Å². The molecule has 3 N–H and O–H groups in total. The summed E-state index contributed by atoms with van der Waals surface area (Å²) in [5, 5.41) is 16.7. The number of thioether (sulfide) groups is 1. The Kier molecular flexibility index (Phi) is 8.33. The zero-order valence-corrected chi connectivity index (χ0v) is 23.5. The molecule has 3 fully saturated rings. The predicted molar refractivity (Wildman–Crippen MR) is 153 cm³/mol. The molecule has 0 saturated carbocycles. The molecule has 8 heteroatoms. The number of unbranched alkanes of at least 4 members (excludes halogenated alkanes) is 1. The Balaban J connectivity index is 1.48.